The Morgan fingerprint density at radius 3 is 3.00 bits per heavy atom. The second kappa shape index (κ2) is 4.26. The zero-order chi connectivity index (χ0) is 11.8. The molecule has 0 radical (unpaired) electrons. The summed E-state index contributed by atoms with van der Waals surface area (Å²) in [6.45, 7) is 2.00. The van der Waals surface area contributed by atoms with E-state index >= 15 is 0 Å². The van der Waals surface area contributed by atoms with Gasteiger partial charge in [0, 0.05) is 16.0 Å². The number of hydrazone groups is 1. The minimum absolute atomic E-state index is 0.0791. The van der Waals surface area contributed by atoms with Crippen LogP contribution in [0, 0.1) is 18.8 Å². The predicted molar refractivity (Wildman–Crippen MR) is 69.4 cm³/mol. The fourth-order valence-electron chi connectivity index (χ4n) is 2.91. The van der Waals surface area contributed by atoms with E-state index in [1.165, 1.54) is 25.0 Å². The second-order valence-corrected chi connectivity index (χ2v) is 6.19. The van der Waals surface area contributed by atoms with Crippen molar-refractivity contribution in [1.29, 1.82) is 0 Å². The highest BCUT2D eigenvalue weighted by Crippen LogP contribution is 2.42. The van der Waals surface area contributed by atoms with Crippen LogP contribution in [0.15, 0.2) is 16.5 Å². The van der Waals surface area contributed by atoms with Crippen LogP contribution in [-0.4, -0.2) is 11.6 Å². The Morgan fingerprint density at radius 1 is 1.53 bits per heavy atom. The van der Waals surface area contributed by atoms with Crippen molar-refractivity contribution < 1.29 is 4.79 Å². The standard InChI is InChI=1S/C13H16N2OS/c1-8-4-11(7-17-8)13(16)15-14-12-6-9-2-3-10(12)5-9/h4,7,9-10H,2-3,5-6H2,1H3,(H,15,16)/b14-12+/t9-,10-/m1/s1. The summed E-state index contributed by atoms with van der Waals surface area (Å²) in [6, 6.07) is 1.90. The van der Waals surface area contributed by atoms with Gasteiger partial charge in [-0.15, -0.1) is 11.3 Å². The summed E-state index contributed by atoms with van der Waals surface area (Å²) in [4.78, 5) is 13.0. The fourth-order valence-corrected chi connectivity index (χ4v) is 3.59. The van der Waals surface area contributed by atoms with Gasteiger partial charge >= 0.3 is 0 Å². The maximum atomic E-state index is 11.8. The number of amides is 1. The molecule has 3 nitrogen and oxygen atoms in total. The van der Waals surface area contributed by atoms with E-state index in [0.717, 1.165) is 22.8 Å². The maximum absolute atomic E-state index is 11.8. The molecule has 3 rings (SSSR count). The minimum atomic E-state index is -0.0791. The molecule has 17 heavy (non-hydrogen) atoms. The molecule has 90 valence electrons. The van der Waals surface area contributed by atoms with Gasteiger partial charge in [0.1, 0.15) is 0 Å². The summed E-state index contributed by atoms with van der Waals surface area (Å²) >= 11 is 1.59. The molecule has 1 heterocycles. The molecule has 2 bridgehead atoms. The third kappa shape index (κ3) is 2.14. The van der Waals surface area contributed by atoms with E-state index in [2.05, 4.69) is 10.5 Å². The minimum Gasteiger partial charge on any atom is -0.267 e. The predicted octanol–water partition coefficient (Wildman–Crippen LogP) is 2.96. The van der Waals surface area contributed by atoms with E-state index in [1.807, 2.05) is 18.4 Å². The van der Waals surface area contributed by atoms with E-state index in [9.17, 15) is 4.79 Å². The molecule has 1 aromatic heterocycles. The van der Waals surface area contributed by atoms with Crippen LogP contribution in [0.25, 0.3) is 0 Å². The lowest BCUT2D eigenvalue weighted by atomic mass is 9.99. The van der Waals surface area contributed by atoms with E-state index in [0.29, 0.717) is 5.92 Å². The lowest BCUT2D eigenvalue weighted by molar-refractivity contribution is 0.0955. The van der Waals surface area contributed by atoms with Gasteiger partial charge in [-0.1, -0.05) is 0 Å². The first-order valence-electron chi connectivity index (χ1n) is 6.14. The molecule has 4 heteroatoms. The first kappa shape index (κ1) is 11.0. The van der Waals surface area contributed by atoms with Crippen LogP contribution in [0.3, 0.4) is 0 Å². The normalized spacial score (nSPS) is 28.9. The number of thiophene rings is 1. The number of aryl methyl sites for hydroxylation is 1. The number of rotatable bonds is 2. The Bertz CT molecular complexity index is 478. The average molecular weight is 248 g/mol. The first-order chi connectivity index (χ1) is 8.22. The first-order valence-corrected chi connectivity index (χ1v) is 7.02. The van der Waals surface area contributed by atoms with Gasteiger partial charge in [-0.05, 0) is 50.5 Å². The van der Waals surface area contributed by atoms with Crippen LogP contribution in [0.1, 0.15) is 40.9 Å². The highest BCUT2D eigenvalue weighted by Gasteiger charge is 2.36. The van der Waals surface area contributed by atoms with Gasteiger partial charge in [0.05, 0.1) is 5.56 Å². The fraction of sp³-hybridized carbons (Fsp3) is 0.538. The van der Waals surface area contributed by atoms with Gasteiger partial charge in [-0.3, -0.25) is 4.79 Å². The Morgan fingerprint density at radius 2 is 2.41 bits per heavy atom. The van der Waals surface area contributed by atoms with Crippen LogP contribution in [-0.2, 0) is 0 Å². The molecular weight excluding hydrogens is 232 g/mol. The third-order valence-corrected chi connectivity index (χ3v) is 4.67. The van der Waals surface area contributed by atoms with Gasteiger partial charge in [-0.2, -0.15) is 5.10 Å². The number of fused-ring (bicyclic) bond motifs is 2. The molecule has 0 saturated heterocycles. The van der Waals surface area contributed by atoms with Crippen LogP contribution < -0.4 is 5.43 Å². The highest BCUT2D eigenvalue weighted by molar-refractivity contribution is 7.10. The number of carbonyl (C=O) groups is 1. The van der Waals surface area contributed by atoms with Crippen molar-refractivity contribution in [2.75, 3.05) is 0 Å². The molecule has 0 aromatic carbocycles. The van der Waals surface area contributed by atoms with Crippen LogP contribution >= 0.6 is 11.3 Å². The van der Waals surface area contributed by atoms with Crippen molar-refractivity contribution in [3.8, 4) is 0 Å². The molecule has 2 saturated carbocycles. The second-order valence-electron chi connectivity index (χ2n) is 5.07. The molecule has 1 aromatic rings. The lowest BCUT2D eigenvalue weighted by Crippen LogP contribution is -2.21. The van der Waals surface area contributed by atoms with Crippen molar-refractivity contribution in [1.82, 2.24) is 5.43 Å². The summed E-state index contributed by atoms with van der Waals surface area (Å²) in [5.41, 5.74) is 4.63. The summed E-state index contributed by atoms with van der Waals surface area (Å²) < 4.78 is 0. The van der Waals surface area contributed by atoms with Crippen LogP contribution in [0.4, 0.5) is 0 Å². The number of nitrogens with zero attached hydrogens (tertiary/aromatic N) is 1. The maximum Gasteiger partial charge on any atom is 0.272 e. The van der Waals surface area contributed by atoms with E-state index < -0.39 is 0 Å². The summed E-state index contributed by atoms with van der Waals surface area (Å²) in [5, 5.41) is 6.19. The molecule has 2 fully saturated rings. The van der Waals surface area contributed by atoms with Gasteiger partial charge < -0.3 is 0 Å². The lowest BCUT2D eigenvalue weighted by Gasteiger charge is -2.11. The smallest absolute Gasteiger partial charge is 0.267 e. The Kier molecular flexibility index (Phi) is 2.74. The molecule has 0 unspecified atom stereocenters. The van der Waals surface area contributed by atoms with Crippen LogP contribution in [0.2, 0.25) is 0 Å². The topological polar surface area (TPSA) is 41.5 Å². The molecular formula is C13H16N2OS. The van der Waals surface area contributed by atoms with Crippen molar-refractivity contribution >= 4 is 23.0 Å². The number of hydrogen-bond acceptors (Lipinski definition) is 3. The Balaban J connectivity index is 1.64. The monoisotopic (exact) mass is 248 g/mol. The summed E-state index contributed by atoms with van der Waals surface area (Å²) in [7, 11) is 0. The number of nitrogens with one attached hydrogen (secondary N) is 1. The average Bonchev–Trinajstić information content (AvgIpc) is 3.01. The third-order valence-electron chi connectivity index (χ3n) is 3.80. The van der Waals surface area contributed by atoms with Crippen molar-refractivity contribution in [3.63, 3.8) is 0 Å². The van der Waals surface area contributed by atoms with Crippen molar-refractivity contribution in [2.24, 2.45) is 16.9 Å². The summed E-state index contributed by atoms with van der Waals surface area (Å²) in [5.74, 6) is 1.40. The molecule has 0 spiro atoms. The quantitative estimate of drug-likeness (QED) is 0.803. The zero-order valence-corrected chi connectivity index (χ0v) is 10.7. The van der Waals surface area contributed by atoms with E-state index in [1.54, 1.807) is 11.3 Å². The molecule has 1 amide bonds. The van der Waals surface area contributed by atoms with Crippen LogP contribution in [0.5, 0.6) is 0 Å². The molecule has 1 N–H and O–H groups in total. The van der Waals surface area contributed by atoms with Gasteiger partial charge in [-0.25, -0.2) is 5.43 Å². The SMILES string of the molecule is Cc1cc(C(=O)N/N=C2\C[C@@H]3CC[C@@H]2C3)cs1. The van der Waals surface area contributed by atoms with Gasteiger partial charge in [0.2, 0.25) is 0 Å². The molecule has 0 aliphatic heterocycles. The number of hydrogen-bond donors (Lipinski definition) is 1. The summed E-state index contributed by atoms with van der Waals surface area (Å²) in [6.07, 6.45) is 4.98. The van der Waals surface area contributed by atoms with Crippen molar-refractivity contribution in [2.45, 2.75) is 32.6 Å². The van der Waals surface area contributed by atoms with Gasteiger partial charge in [0.25, 0.3) is 5.91 Å². The molecule has 2 atom stereocenters. The van der Waals surface area contributed by atoms with Crippen molar-refractivity contribution in [3.05, 3.63) is 21.9 Å². The van der Waals surface area contributed by atoms with E-state index in [4.69, 9.17) is 0 Å². The number of carbonyl (C=O) groups excluding carboxylic acids is 1. The van der Waals surface area contributed by atoms with E-state index in [-0.39, 0.29) is 5.91 Å². The molecule has 2 aliphatic carbocycles. The zero-order valence-electron chi connectivity index (χ0n) is 9.90. The highest BCUT2D eigenvalue weighted by atomic mass is 32.1. The van der Waals surface area contributed by atoms with Gasteiger partial charge in [0.15, 0.2) is 0 Å². The largest absolute Gasteiger partial charge is 0.272 e. The molecule has 2 aliphatic rings. The Labute approximate surface area is 105 Å². The Hall–Kier alpha value is -1.16.